The second kappa shape index (κ2) is 7.36. The van der Waals surface area contributed by atoms with Crippen LogP contribution in [0.25, 0.3) is 10.9 Å². The number of aryl methyl sites for hydroxylation is 3. The first-order chi connectivity index (χ1) is 12.9. The standard InChI is InChI=1S/C22H33N5/c1-15-12-20-17(3)23-22(24-21(20)13-16(15)2)26-9-6-18(7-10-26)27-11-8-19(14-27)25(4)5/h12-13,18-19H,6-11,14H2,1-5H3. The summed E-state index contributed by atoms with van der Waals surface area (Å²) in [6, 6.07) is 5.88. The van der Waals surface area contributed by atoms with Gasteiger partial charge in [0.2, 0.25) is 5.95 Å². The van der Waals surface area contributed by atoms with Gasteiger partial charge in [0, 0.05) is 43.6 Å². The summed E-state index contributed by atoms with van der Waals surface area (Å²) >= 11 is 0. The van der Waals surface area contributed by atoms with Crippen LogP contribution in [0.1, 0.15) is 36.1 Å². The third kappa shape index (κ3) is 3.67. The Morgan fingerprint density at radius 1 is 0.926 bits per heavy atom. The molecule has 5 nitrogen and oxygen atoms in total. The molecule has 0 amide bonds. The van der Waals surface area contributed by atoms with E-state index in [1.54, 1.807) is 0 Å². The average molecular weight is 368 g/mol. The number of benzene rings is 1. The van der Waals surface area contributed by atoms with Crippen molar-refractivity contribution in [3.8, 4) is 0 Å². The first-order valence-electron chi connectivity index (χ1n) is 10.3. The number of anilines is 1. The Morgan fingerprint density at radius 3 is 2.30 bits per heavy atom. The van der Waals surface area contributed by atoms with Crippen LogP contribution in [-0.2, 0) is 0 Å². The van der Waals surface area contributed by atoms with Gasteiger partial charge in [0.05, 0.1) is 11.2 Å². The second-order valence-electron chi connectivity index (χ2n) is 8.68. The maximum atomic E-state index is 4.91. The molecule has 2 aromatic rings. The number of piperidine rings is 1. The average Bonchev–Trinajstić information content (AvgIpc) is 3.14. The molecule has 0 radical (unpaired) electrons. The van der Waals surface area contributed by atoms with Crippen molar-refractivity contribution >= 4 is 16.9 Å². The van der Waals surface area contributed by atoms with E-state index in [4.69, 9.17) is 9.97 Å². The number of hydrogen-bond donors (Lipinski definition) is 0. The van der Waals surface area contributed by atoms with Gasteiger partial charge < -0.3 is 9.80 Å². The van der Waals surface area contributed by atoms with Crippen molar-refractivity contribution in [3.63, 3.8) is 0 Å². The molecule has 2 fully saturated rings. The lowest BCUT2D eigenvalue weighted by atomic mass is 10.0. The number of fused-ring (bicyclic) bond motifs is 1. The lowest BCUT2D eigenvalue weighted by Gasteiger charge is -2.37. The van der Waals surface area contributed by atoms with Gasteiger partial charge >= 0.3 is 0 Å². The van der Waals surface area contributed by atoms with Crippen LogP contribution in [0.2, 0.25) is 0 Å². The van der Waals surface area contributed by atoms with Crippen LogP contribution < -0.4 is 4.90 Å². The highest BCUT2D eigenvalue weighted by molar-refractivity contribution is 5.83. The molecule has 2 aliphatic heterocycles. The van der Waals surface area contributed by atoms with Crippen LogP contribution in [0, 0.1) is 20.8 Å². The minimum Gasteiger partial charge on any atom is -0.341 e. The lowest BCUT2D eigenvalue weighted by Crippen LogP contribution is -2.45. The van der Waals surface area contributed by atoms with Gasteiger partial charge in [0.1, 0.15) is 0 Å². The fourth-order valence-corrected chi connectivity index (χ4v) is 4.62. The Hall–Kier alpha value is -1.72. The van der Waals surface area contributed by atoms with Crippen LogP contribution in [0.15, 0.2) is 12.1 Å². The summed E-state index contributed by atoms with van der Waals surface area (Å²) in [6.45, 7) is 11.0. The molecule has 146 valence electrons. The molecule has 0 N–H and O–H groups in total. The Morgan fingerprint density at radius 2 is 1.63 bits per heavy atom. The predicted molar refractivity (Wildman–Crippen MR) is 113 cm³/mol. The van der Waals surface area contributed by atoms with E-state index >= 15 is 0 Å². The van der Waals surface area contributed by atoms with Crippen molar-refractivity contribution < 1.29 is 0 Å². The van der Waals surface area contributed by atoms with Crippen LogP contribution in [0.5, 0.6) is 0 Å². The van der Waals surface area contributed by atoms with E-state index in [0.717, 1.165) is 42.3 Å². The molecule has 27 heavy (non-hydrogen) atoms. The normalized spacial score (nSPS) is 22.3. The van der Waals surface area contributed by atoms with E-state index in [1.807, 2.05) is 0 Å². The van der Waals surface area contributed by atoms with Crippen molar-refractivity contribution in [2.24, 2.45) is 0 Å². The van der Waals surface area contributed by atoms with E-state index < -0.39 is 0 Å². The highest BCUT2D eigenvalue weighted by Gasteiger charge is 2.32. The molecule has 5 heteroatoms. The predicted octanol–water partition coefficient (Wildman–Crippen LogP) is 3.16. The molecule has 2 aliphatic rings. The number of likely N-dealkylation sites (N-methyl/N-ethyl adjacent to an activating group) is 1. The Kier molecular flexibility index (Phi) is 5.08. The van der Waals surface area contributed by atoms with Gasteiger partial charge in [0.15, 0.2) is 0 Å². The summed E-state index contributed by atoms with van der Waals surface area (Å²) in [5.41, 5.74) is 4.78. The van der Waals surface area contributed by atoms with Gasteiger partial charge in [-0.3, -0.25) is 4.90 Å². The molecule has 0 aliphatic carbocycles. The molecular formula is C22H33N5. The SMILES string of the molecule is Cc1cc2nc(N3CCC(N4CCC(N(C)C)C4)CC3)nc(C)c2cc1C. The highest BCUT2D eigenvalue weighted by Crippen LogP contribution is 2.27. The van der Waals surface area contributed by atoms with Crippen LogP contribution in [-0.4, -0.2) is 72.1 Å². The summed E-state index contributed by atoms with van der Waals surface area (Å²) in [4.78, 5) is 17.2. The second-order valence-corrected chi connectivity index (χ2v) is 8.68. The van der Waals surface area contributed by atoms with Crippen molar-refractivity contribution in [2.75, 3.05) is 45.2 Å². The maximum Gasteiger partial charge on any atom is 0.226 e. The van der Waals surface area contributed by atoms with Gasteiger partial charge in [-0.05, 0) is 77.4 Å². The van der Waals surface area contributed by atoms with Crippen molar-refractivity contribution in [3.05, 3.63) is 29.0 Å². The summed E-state index contributed by atoms with van der Waals surface area (Å²) < 4.78 is 0. The largest absolute Gasteiger partial charge is 0.341 e. The van der Waals surface area contributed by atoms with Crippen LogP contribution >= 0.6 is 0 Å². The van der Waals surface area contributed by atoms with Gasteiger partial charge in [-0.1, -0.05) is 0 Å². The van der Waals surface area contributed by atoms with Gasteiger partial charge in [-0.25, -0.2) is 9.97 Å². The molecule has 0 bridgehead atoms. The van der Waals surface area contributed by atoms with Gasteiger partial charge in [-0.2, -0.15) is 0 Å². The molecule has 0 spiro atoms. The van der Waals surface area contributed by atoms with E-state index in [9.17, 15) is 0 Å². The number of hydrogen-bond acceptors (Lipinski definition) is 5. The molecule has 1 atom stereocenters. The monoisotopic (exact) mass is 367 g/mol. The Labute approximate surface area is 163 Å². The number of rotatable bonds is 3. The summed E-state index contributed by atoms with van der Waals surface area (Å²) in [5, 5.41) is 1.18. The summed E-state index contributed by atoms with van der Waals surface area (Å²) in [6.07, 6.45) is 3.74. The smallest absolute Gasteiger partial charge is 0.226 e. The summed E-state index contributed by atoms with van der Waals surface area (Å²) in [5.74, 6) is 0.911. The van der Waals surface area contributed by atoms with Gasteiger partial charge in [-0.15, -0.1) is 0 Å². The van der Waals surface area contributed by atoms with Gasteiger partial charge in [0.25, 0.3) is 0 Å². The lowest BCUT2D eigenvalue weighted by molar-refractivity contribution is 0.188. The number of nitrogens with zero attached hydrogens (tertiary/aromatic N) is 5. The number of aromatic nitrogens is 2. The van der Waals surface area contributed by atoms with E-state index in [0.29, 0.717) is 0 Å². The highest BCUT2D eigenvalue weighted by atomic mass is 15.3. The fourth-order valence-electron chi connectivity index (χ4n) is 4.62. The van der Waals surface area contributed by atoms with Crippen LogP contribution in [0.3, 0.4) is 0 Å². The topological polar surface area (TPSA) is 35.5 Å². The molecule has 2 saturated heterocycles. The molecule has 1 aromatic heterocycles. The minimum atomic E-state index is 0.720. The zero-order valence-electron chi connectivity index (χ0n) is 17.5. The van der Waals surface area contributed by atoms with E-state index in [-0.39, 0.29) is 0 Å². The third-order valence-electron chi connectivity index (χ3n) is 6.68. The first kappa shape index (κ1) is 18.6. The molecular weight excluding hydrogens is 334 g/mol. The summed E-state index contributed by atoms with van der Waals surface area (Å²) in [7, 11) is 4.42. The minimum absolute atomic E-state index is 0.720. The Balaban J connectivity index is 1.46. The molecule has 0 saturated carbocycles. The fraction of sp³-hybridized carbons (Fsp3) is 0.636. The molecule has 1 unspecified atom stereocenters. The van der Waals surface area contributed by atoms with E-state index in [2.05, 4.69) is 61.7 Å². The molecule has 4 rings (SSSR count). The zero-order chi connectivity index (χ0) is 19.1. The molecule has 3 heterocycles. The maximum absolute atomic E-state index is 4.91. The zero-order valence-corrected chi connectivity index (χ0v) is 17.5. The van der Waals surface area contributed by atoms with Crippen LogP contribution in [0.4, 0.5) is 5.95 Å². The van der Waals surface area contributed by atoms with Crippen molar-refractivity contribution in [1.82, 2.24) is 19.8 Å². The Bertz CT molecular complexity index is 823. The van der Waals surface area contributed by atoms with E-state index in [1.165, 1.54) is 48.9 Å². The number of likely N-dealkylation sites (tertiary alicyclic amines) is 1. The van der Waals surface area contributed by atoms with Crippen molar-refractivity contribution in [1.29, 1.82) is 0 Å². The van der Waals surface area contributed by atoms with Crippen molar-refractivity contribution in [2.45, 2.75) is 52.1 Å². The third-order valence-corrected chi connectivity index (χ3v) is 6.68. The quantitative estimate of drug-likeness (QED) is 0.833. The first-order valence-corrected chi connectivity index (χ1v) is 10.3. The molecule has 1 aromatic carbocycles.